The van der Waals surface area contributed by atoms with Crippen LogP contribution >= 0.6 is 11.3 Å². The largest absolute Gasteiger partial charge is 0.336 e. The zero-order valence-corrected chi connectivity index (χ0v) is 16.4. The van der Waals surface area contributed by atoms with Gasteiger partial charge in [0, 0.05) is 44.6 Å². The molecular formula is C18H23N3O3S2. The summed E-state index contributed by atoms with van der Waals surface area (Å²) in [6, 6.07) is 8.66. The van der Waals surface area contributed by atoms with E-state index in [0.717, 1.165) is 24.2 Å². The molecule has 1 aliphatic rings. The summed E-state index contributed by atoms with van der Waals surface area (Å²) in [6.07, 6.45) is 0. The van der Waals surface area contributed by atoms with Gasteiger partial charge in [-0.2, -0.15) is 11.3 Å². The number of benzene rings is 1. The van der Waals surface area contributed by atoms with E-state index >= 15 is 0 Å². The van der Waals surface area contributed by atoms with Crippen LogP contribution in [0.1, 0.15) is 15.9 Å². The number of hydrogen-bond acceptors (Lipinski definition) is 5. The zero-order chi connectivity index (χ0) is 18.6. The van der Waals surface area contributed by atoms with Crippen LogP contribution in [0.5, 0.6) is 0 Å². The van der Waals surface area contributed by atoms with E-state index in [0.29, 0.717) is 26.2 Å². The number of carbonyl (C=O) groups is 1. The first-order valence-electron chi connectivity index (χ1n) is 8.56. The van der Waals surface area contributed by atoms with Crippen molar-refractivity contribution in [1.82, 2.24) is 14.5 Å². The Kier molecular flexibility index (Phi) is 6.08. The number of carbonyl (C=O) groups excluding carboxylic acids is 1. The molecule has 0 saturated carbocycles. The molecule has 26 heavy (non-hydrogen) atoms. The molecule has 3 rings (SSSR count). The predicted octanol–water partition coefficient (Wildman–Crippen LogP) is 1.79. The summed E-state index contributed by atoms with van der Waals surface area (Å²) in [5.74, 6) is 0.0750. The highest BCUT2D eigenvalue weighted by molar-refractivity contribution is 7.89. The minimum atomic E-state index is -3.47. The van der Waals surface area contributed by atoms with Gasteiger partial charge in [-0.15, -0.1) is 0 Å². The van der Waals surface area contributed by atoms with E-state index in [1.807, 2.05) is 28.7 Å². The molecule has 0 bridgehead atoms. The number of nitrogens with one attached hydrogen (secondary N) is 1. The SMILES string of the molecule is Cc1ccc(S(=O)(=O)NCCN2CCN(C(=O)c3ccsc3)CC2)cc1. The van der Waals surface area contributed by atoms with Crippen molar-refractivity contribution in [3.63, 3.8) is 0 Å². The van der Waals surface area contributed by atoms with Crippen molar-refractivity contribution < 1.29 is 13.2 Å². The van der Waals surface area contributed by atoms with E-state index in [1.165, 1.54) is 11.3 Å². The van der Waals surface area contributed by atoms with Crippen LogP contribution in [0.25, 0.3) is 0 Å². The van der Waals surface area contributed by atoms with Crippen LogP contribution in [-0.4, -0.2) is 63.4 Å². The third-order valence-electron chi connectivity index (χ3n) is 4.48. The van der Waals surface area contributed by atoms with Gasteiger partial charge < -0.3 is 4.90 Å². The molecule has 1 aromatic heterocycles. The molecule has 140 valence electrons. The Labute approximate surface area is 158 Å². The van der Waals surface area contributed by atoms with Gasteiger partial charge in [0.15, 0.2) is 0 Å². The standard InChI is InChI=1S/C18H23N3O3S2/c1-15-2-4-17(5-3-15)26(23,24)19-7-8-20-9-11-21(12-10-20)18(22)16-6-13-25-14-16/h2-6,13-14,19H,7-12H2,1H3. The van der Waals surface area contributed by atoms with Crippen LogP contribution in [0.15, 0.2) is 46.0 Å². The van der Waals surface area contributed by atoms with Crippen molar-refractivity contribution in [2.24, 2.45) is 0 Å². The van der Waals surface area contributed by atoms with Crippen molar-refractivity contribution in [1.29, 1.82) is 0 Å². The third-order valence-corrected chi connectivity index (χ3v) is 6.64. The van der Waals surface area contributed by atoms with Gasteiger partial charge in [-0.25, -0.2) is 13.1 Å². The van der Waals surface area contributed by atoms with Crippen molar-refractivity contribution >= 4 is 27.3 Å². The Morgan fingerprint density at radius 3 is 2.42 bits per heavy atom. The number of sulfonamides is 1. The molecule has 1 aliphatic heterocycles. The van der Waals surface area contributed by atoms with Gasteiger partial charge in [0.2, 0.25) is 10.0 Å². The topological polar surface area (TPSA) is 69.7 Å². The monoisotopic (exact) mass is 393 g/mol. The highest BCUT2D eigenvalue weighted by atomic mass is 32.2. The normalized spacial score (nSPS) is 16.0. The van der Waals surface area contributed by atoms with Crippen LogP contribution < -0.4 is 4.72 Å². The first kappa shape index (κ1) is 19.0. The fourth-order valence-corrected chi connectivity index (χ4v) is 4.53. The first-order chi connectivity index (χ1) is 12.5. The van der Waals surface area contributed by atoms with Crippen LogP contribution in [0.2, 0.25) is 0 Å². The van der Waals surface area contributed by atoms with E-state index in [-0.39, 0.29) is 10.8 Å². The number of rotatable bonds is 6. The molecule has 6 nitrogen and oxygen atoms in total. The lowest BCUT2D eigenvalue weighted by atomic mass is 10.2. The Balaban J connectivity index is 1.44. The van der Waals surface area contributed by atoms with Crippen LogP contribution in [0, 0.1) is 6.92 Å². The molecule has 1 aromatic carbocycles. The summed E-state index contributed by atoms with van der Waals surface area (Å²) in [7, 11) is -3.47. The Hall–Kier alpha value is -1.74. The Morgan fingerprint density at radius 1 is 1.12 bits per heavy atom. The maximum Gasteiger partial charge on any atom is 0.254 e. The molecule has 8 heteroatoms. The minimum absolute atomic E-state index is 0.0750. The molecule has 2 heterocycles. The van der Waals surface area contributed by atoms with Gasteiger partial charge in [0.25, 0.3) is 5.91 Å². The second kappa shape index (κ2) is 8.30. The van der Waals surface area contributed by atoms with E-state index in [2.05, 4.69) is 9.62 Å². The average molecular weight is 394 g/mol. The summed E-state index contributed by atoms with van der Waals surface area (Å²) in [4.78, 5) is 16.6. The number of hydrogen-bond donors (Lipinski definition) is 1. The fourth-order valence-electron chi connectivity index (χ4n) is 2.88. The van der Waals surface area contributed by atoms with Gasteiger partial charge in [-0.3, -0.25) is 9.69 Å². The lowest BCUT2D eigenvalue weighted by Gasteiger charge is -2.34. The second-order valence-corrected chi connectivity index (χ2v) is 8.90. The molecule has 2 aromatic rings. The third kappa shape index (κ3) is 4.70. The molecule has 0 spiro atoms. The number of thiophene rings is 1. The smallest absolute Gasteiger partial charge is 0.254 e. The summed E-state index contributed by atoms with van der Waals surface area (Å²) in [6.45, 7) is 5.75. The molecule has 1 saturated heterocycles. The molecule has 0 radical (unpaired) electrons. The highest BCUT2D eigenvalue weighted by Crippen LogP contribution is 2.12. The van der Waals surface area contributed by atoms with Gasteiger partial charge in [0.05, 0.1) is 10.5 Å². The van der Waals surface area contributed by atoms with Gasteiger partial charge in [-0.05, 0) is 30.5 Å². The molecule has 0 unspecified atom stereocenters. The van der Waals surface area contributed by atoms with E-state index < -0.39 is 10.0 Å². The maximum absolute atomic E-state index is 12.3. The Bertz CT molecular complexity index is 825. The number of amides is 1. The zero-order valence-electron chi connectivity index (χ0n) is 14.7. The first-order valence-corrected chi connectivity index (χ1v) is 11.0. The van der Waals surface area contributed by atoms with Crippen LogP contribution in [0.3, 0.4) is 0 Å². The lowest BCUT2D eigenvalue weighted by Crippen LogP contribution is -2.50. The van der Waals surface area contributed by atoms with Gasteiger partial charge in [0.1, 0.15) is 0 Å². The summed E-state index contributed by atoms with van der Waals surface area (Å²) in [5, 5.41) is 3.78. The quantitative estimate of drug-likeness (QED) is 0.812. The van der Waals surface area contributed by atoms with Gasteiger partial charge >= 0.3 is 0 Å². The second-order valence-electron chi connectivity index (χ2n) is 6.36. The molecule has 0 aliphatic carbocycles. The van der Waals surface area contributed by atoms with Crippen molar-refractivity contribution in [2.45, 2.75) is 11.8 Å². The maximum atomic E-state index is 12.3. The van der Waals surface area contributed by atoms with Crippen LogP contribution in [-0.2, 0) is 10.0 Å². The summed E-state index contributed by atoms with van der Waals surface area (Å²) in [5.41, 5.74) is 1.77. The fraction of sp³-hybridized carbons (Fsp3) is 0.389. The minimum Gasteiger partial charge on any atom is -0.336 e. The molecule has 1 fully saturated rings. The molecular weight excluding hydrogens is 370 g/mol. The summed E-state index contributed by atoms with van der Waals surface area (Å²) < 4.78 is 27.2. The van der Waals surface area contributed by atoms with Gasteiger partial charge in [-0.1, -0.05) is 17.7 Å². The summed E-state index contributed by atoms with van der Waals surface area (Å²) >= 11 is 1.52. The number of nitrogens with zero attached hydrogens (tertiary/aromatic N) is 2. The molecule has 1 N–H and O–H groups in total. The number of piperazine rings is 1. The Morgan fingerprint density at radius 2 is 1.81 bits per heavy atom. The highest BCUT2D eigenvalue weighted by Gasteiger charge is 2.22. The molecule has 1 amide bonds. The van der Waals surface area contributed by atoms with E-state index in [4.69, 9.17) is 0 Å². The lowest BCUT2D eigenvalue weighted by molar-refractivity contribution is 0.0640. The van der Waals surface area contributed by atoms with E-state index in [1.54, 1.807) is 24.3 Å². The van der Waals surface area contributed by atoms with Crippen molar-refractivity contribution in [3.8, 4) is 0 Å². The van der Waals surface area contributed by atoms with Crippen LogP contribution in [0.4, 0.5) is 0 Å². The predicted molar refractivity (Wildman–Crippen MR) is 103 cm³/mol. The molecule has 0 atom stereocenters. The number of aryl methyl sites for hydroxylation is 1. The van der Waals surface area contributed by atoms with E-state index in [9.17, 15) is 13.2 Å². The van der Waals surface area contributed by atoms with Crippen molar-refractivity contribution in [3.05, 3.63) is 52.2 Å². The average Bonchev–Trinajstić information content (AvgIpc) is 3.17. The van der Waals surface area contributed by atoms with Crippen molar-refractivity contribution in [2.75, 3.05) is 39.3 Å².